The average molecular weight is 246 g/mol. The molecule has 0 unspecified atom stereocenters. The maximum Gasteiger partial charge on any atom is 0.228 e. The summed E-state index contributed by atoms with van der Waals surface area (Å²) in [7, 11) is 0. The molecule has 1 aromatic carbocycles. The number of anilines is 1. The van der Waals surface area contributed by atoms with E-state index in [4.69, 9.17) is 0 Å². The Hall–Kier alpha value is -1.84. The van der Waals surface area contributed by atoms with Gasteiger partial charge in [-0.3, -0.25) is 9.59 Å². The standard InChI is InChI=1S/C14H18N2O2/c1-11(17)15-9-8-14(18)16-10-4-6-12-5-2-3-7-13(12)16/h2-3,5,7H,4,6,8-10H2,1H3,(H,15,17). The molecule has 1 aliphatic heterocycles. The largest absolute Gasteiger partial charge is 0.356 e. The molecule has 0 atom stereocenters. The van der Waals surface area contributed by atoms with Crippen LogP contribution in [-0.2, 0) is 16.0 Å². The summed E-state index contributed by atoms with van der Waals surface area (Å²) in [5.74, 6) is -0.0160. The highest BCUT2D eigenvalue weighted by Crippen LogP contribution is 2.26. The van der Waals surface area contributed by atoms with E-state index in [1.165, 1.54) is 12.5 Å². The number of carbonyl (C=O) groups excluding carboxylic acids is 2. The van der Waals surface area contributed by atoms with E-state index in [9.17, 15) is 9.59 Å². The van der Waals surface area contributed by atoms with Gasteiger partial charge in [-0.25, -0.2) is 0 Å². The molecule has 0 aliphatic carbocycles. The van der Waals surface area contributed by atoms with Crippen LogP contribution < -0.4 is 10.2 Å². The molecule has 96 valence electrons. The molecule has 1 N–H and O–H groups in total. The molecule has 4 nitrogen and oxygen atoms in total. The van der Waals surface area contributed by atoms with Crippen LogP contribution in [0.4, 0.5) is 5.69 Å². The third-order valence-electron chi connectivity index (χ3n) is 3.12. The van der Waals surface area contributed by atoms with E-state index in [2.05, 4.69) is 11.4 Å². The fourth-order valence-electron chi connectivity index (χ4n) is 2.27. The number of nitrogens with one attached hydrogen (secondary N) is 1. The third kappa shape index (κ3) is 2.88. The van der Waals surface area contributed by atoms with Gasteiger partial charge in [-0.05, 0) is 24.5 Å². The molecule has 0 aromatic heterocycles. The zero-order valence-corrected chi connectivity index (χ0v) is 10.6. The Kier molecular flexibility index (Phi) is 3.97. The lowest BCUT2D eigenvalue weighted by Crippen LogP contribution is -2.37. The number of para-hydroxylation sites is 1. The van der Waals surface area contributed by atoms with E-state index in [1.807, 2.05) is 23.1 Å². The van der Waals surface area contributed by atoms with E-state index in [0.29, 0.717) is 13.0 Å². The zero-order chi connectivity index (χ0) is 13.0. The lowest BCUT2D eigenvalue weighted by atomic mass is 10.0. The topological polar surface area (TPSA) is 49.4 Å². The van der Waals surface area contributed by atoms with Crippen LogP contribution in [-0.4, -0.2) is 24.9 Å². The molecule has 1 aromatic rings. The van der Waals surface area contributed by atoms with Crippen LogP contribution in [0.25, 0.3) is 0 Å². The molecule has 2 rings (SSSR count). The lowest BCUT2D eigenvalue weighted by Gasteiger charge is -2.29. The van der Waals surface area contributed by atoms with Crippen molar-refractivity contribution in [1.29, 1.82) is 0 Å². The van der Waals surface area contributed by atoms with E-state index in [1.54, 1.807) is 0 Å². The Morgan fingerprint density at radius 3 is 2.89 bits per heavy atom. The summed E-state index contributed by atoms with van der Waals surface area (Å²) in [6, 6.07) is 8.02. The maximum atomic E-state index is 12.1. The van der Waals surface area contributed by atoms with Gasteiger partial charge in [-0.1, -0.05) is 18.2 Å². The van der Waals surface area contributed by atoms with Gasteiger partial charge in [0.1, 0.15) is 0 Å². The highest BCUT2D eigenvalue weighted by atomic mass is 16.2. The zero-order valence-electron chi connectivity index (χ0n) is 10.6. The van der Waals surface area contributed by atoms with Gasteiger partial charge in [0.15, 0.2) is 0 Å². The summed E-state index contributed by atoms with van der Waals surface area (Å²) in [6.07, 6.45) is 2.39. The highest BCUT2D eigenvalue weighted by molar-refractivity contribution is 5.94. The quantitative estimate of drug-likeness (QED) is 0.878. The Morgan fingerprint density at radius 1 is 1.33 bits per heavy atom. The fraction of sp³-hybridized carbons (Fsp3) is 0.429. The minimum Gasteiger partial charge on any atom is -0.356 e. The summed E-state index contributed by atoms with van der Waals surface area (Å²) in [4.78, 5) is 24.7. The Labute approximate surface area is 107 Å². The SMILES string of the molecule is CC(=O)NCCC(=O)N1CCCc2ccccc21. The van der Waals surface area contributed by atoms with Gasteiger partial charge in [0.2, 0.25) is 11.8 Å². The second-order valence-corrected chi connectivity index (χ2v) is 4.51. The van der Waals surface area contributed by atoms with E-state index in [0.717, 1.165) is 25.1 Å². The Balaban J connectivity index is 2.01. The van der Waals surface area contributed by atoms with Crippen LogP contribution in [0, 0.1) is 0 Å². The average Bonchev–Trinajstić information content (AvgIpc) is 2.37. The molecule has 0 spiro atoms. The number of hydrogen-bond acceptors (Lipinski definition) is 2. The van der Waals surface area contributed by atoms with Gasteiger partial charge in [-0.15, -0.1) is 0 Å². The summed E-state index contributed by atoms with van der Waals surface area (Å²) in [6.45, 7) is 2.64. The predicted molar refractivity (Wildman–Crippen MR) is 70.4 cm³/mol. The molecule has 1 heterocycles. The first-order valence-electron chi connectivity index (χ1n) is 6.31. The fourth-order valence-corrected chi connectivity index (χ4v) is 2.27. The molecule has 0 fully saturated rings. The molecular weight excluding hydrogens is 228 g/mol. The highest BCUT2D eigenvalue weighted by Gasteiger charge is 2.21. The van der Waals surface area contributed by atoms with Crippen molar-refractivity contribution >= 4 is 17.5 Å². The van der Waals surface area contributed by atoms with Crippen molar-refractivity contribution in [1.82, 2.24) is 5.32 Å². The first kappa shape index (κ1) is 12.6. The van der Waals surface area contributed by atoms with Crippen molar-refractivity contribution in [2.75, 3.05) is 18.0 Å². The maximum absolute atomic E-state index is 12.1. The van der Waals surface area contributed by atoms with Crippen LogP contribution in [0.1, 0.15) is 25.3 Å². The van der Waals surface area contributed by atoms with Crippen molar-refractivity contribution in [3.8, 4) is 0 Å². The number of amides is 2. The third-order valence-corrected chi connectivity index (χ3v) is 3.12. The summed E-state index contributed by atoms with van der Waals surface area (Å²) < 4.78 is 0. The lowest BCUT2D eigenvalue weighted by molar-refractivity contribution is -0.120. The van der Waals surface area contributed by atoms with Crippen molar-refractivity contribution in [3.63, 3.8) is 0 Å². The molecule has 18 heavy (non-hydrogen) atoms. The summed E-state index contributed by atoms with van der Waals surface area (Å²) in [5, 5.41) is 2.65. The van der Waals surface area contributed by atoms with Crippen molar-refractivity contribution < 1.29 is 9.59 Å². The Bertz CT molecular complexity index is 457. The first-order valence-corrected chi connectivity index (χ1v) is 6.31. The number of benzene rings is 1. The number of aryl methyl sites for hydroxylation is 1. The van der Waals surface area contributed by atoms with E-state index >= 15 is 0 Å². The van der Waals surface area contributed by atoms with E-state index < -0.39 is 0 Å². The molecular formula is C14H18N2O2. The minimum atomic E-state index is -0.0955. The van der Waals surface area contributed by atoms with Gasteiger partial charge >= 0.3 is 0 Å². The predicted octanol–water partition coefficient (Wildman–Crippen LogP) is 1.49. The summed E-state index contributed by atoms with van der Waals surface area (Å²) >= 11 is 0. The first-order chi connectivity index (χ1) is 8.68. The second-order valence-electron chi connectivity index (χ2n) is 4.51. The molecule has 0 saturated heterocycles. The summed E-state index contributed by atoms with van der Waals surface area (Å²) in [5.41, 5.74) is 2.26. The number of nitrogens with zero attached hydrogens (tertiary/aromatic N) is 1. The van der Waals surface area contributed by atoms with Crippen LogP contribution in [0.2, 0.25) is 0 Å². The molecule has 0 saturated carbocycles. The Morgan fingerprint density at radius 2 is 2.11 bits per heavy atom. The smallest absolute Gasteiger partial charge is 0.228 e. The van der Waals surface area contributed by atoms with Crippen LogP contribution in [0.5, 0.6) is 0 Å². The van der Waals surface area contributed by atoms with Crippen molar-refractivity contribution in [2.24, 2.45) is 0 Å². The number of rotatable bonds is 3. The molecule has 1 aliphatic rings. The molecule has 0 radical (unpaired) electrons. The normalized spacial score (nSPS) is 13.9. The van der Waals surface area contributed by atoms with Gasteiger partial charge in [0.05, 0.1) is 0 Å². The van der Waals surface area contributed by atoms with Gasteiger partial charge in [-0.2, -0.15) is 0 Å². The molecule has 4 heteroatoms. The minimum absolute atomic E-state index is 0.0795. The number of hydrogen-bond donors (Lipinski definition) is 1. The van der Waals surface area contributed by atoms with Crippen LogP contribution >= 0.6 is 0 Å². The molecule has 0 bridgehead atoms. The second kappa shape index (κ2) is 5.67. The van der Waals surface area contributed by atoms with Gasteiger partial charge in [0, 0.05) is 32.1 Å². The van der Waals surface area contributed by atoms with Crippen LogP contribution in [0.3, 0.4) is 0 Å². The van der Waals surface area contributed by atoms with Crippen LogP contribution in [0.15, 0.2) is 24.3 Å². The number of fused-ring (bicyclic) bond motifs is 1. The van der Waals surface area contributed by atoms with Crippen molar-refractivity contribution in [3.05, 3.63) is 29.8 Å². The monoisotopic (exact) mass is 246 g/mol. The van der Waals surface area contributed by atoms with E-state index in [-0.39, 0.29) is 11.8 Å². The van der Waals surface area contributed by atoms with Gasteiger partial charge < -0.3 is 10.2 Å². The number of carbonyl (C=O) groups is 2. The van der Waals surface area contributed by atoms with Gasteiger partial charge in [0.25, 0.3) is 0 Å². The van der Waals surface area contributed by atoms with Crippen molar-refractivity contribution in [2.45, 2.75) is 26.2 Å². The molecule has 2 amide bonds.